The van der Waals surface area contributed by atoms with E-state index in [0.29, 0.717) is 38.3 Å². The quantitative estimate of drug-likeness (QED) is 0.239. The van der Waals surface area contributed by atoms with Gasteiger partial charge < -0.3 is 10.1 Å². The van der Waals surface area contributed by atoms with Crippen molar-refractivity contribution in [2.75, 3.05) is 11.1 Å². The highest BCUT2D eigenvalue weighted by Crippen LogP contribution is 2.32. The number of rotatable bonds is 9. The van der Waals surface area contributed by atoms with Crippen molar-refractivity contribution in [3.63, 3.8) is 0 Å². The van der Waals surface area contributed by atoms with Gasteiger partial charge in [0.2, 0.25) is 5.91 Å². The normalized spacial score (nSPS) is 10.6. The van der Waals surface area contributed by atoms with Crippen molar-refractivity contribution >= 4 is 58.2 Å². The number of thioether (sulfide) groups is 1. The van der Waals surface area contributed by atoms with E-state index in [1.807, 2.05) is 34.9 Å². The number of para-hydroxylation sites is 1. The fourth-order valence-electron chi connectivity index (χ4n) is 2.44. The third-order valence-corrected chi connectivity index (χ3v) is 5.83. The van der Waals surface area contributed by atoms with E-state index in [1.54, 1.807) is 6.08 Å². The van der Waals surface area contributed by atoms with Gasteiger partial charge in [-0.05, 0) is 24.3 Å². The number of amides is 1. The summed E-state index contributed by atoms with van der Waals surface area (Å²) in [6.07, 6.45) is 1.73. The number of hydrogen-bond donors (Lipinski definition) is 1. The van der Waals surface area contributed by atoms with Crippen LogP contribution in [0.1, 0.15) is 5.82 Å². The molecule has 1 amide bonds. The summed E-state index contributed by atoms with van der Waals surface area (Å²) in [5.41, 5.74) is 0.390. The molecule has 0 aliphatic heterocycles. The van der Waals surface area contributed by atoms with Crippen molar-refractivity contribution in [3.05, 3.63) is 76.0 Å². The number of carbonyl (C=O) groups is 1. The average Bonchev–Trinajstić information content (AvgIpc) is 3.11. The highest BCUT2D eigenvalue weighted by Gasteiger charge is 2.15. The summed E-state index contributed by atoms with van der Waals surface area (Å²) in [6.45, 7) is 4.50. The summed E-state index contributed by atoms with van der Waals surface area (Å²) in [5, 5.41) is 12.6. The Bertz CT molecular complexity index is 1040. The van der Waals surface area contributed by atoms with Crippen molar-refractivity contribution in [2.24, 2.45) is 0 Å². The third kappa shape index (κ3) is 5.92. The molecule has 2 aromatic carbocycles. The Kier molecular flexibility index (Phi) is 8.04. The first kappa shape index (κ1) is 22.5. The number of aromatic nitrogens is 3. The maximum atomic E-state index is 12.4. The molecule has 156 valence electrons. The van der Waals surface area contributed by atoms with Crippen LogP contribution < -0.4 is 10.1 Å². The van der Waals surface area contributed by atoms with Crippen LogP contribution in [0, 0.1) is 0 Å². The number of halogens is 3. The topological polar surface area (TPSA) is 69.0 Å². The lowest BCUT2D eigenvalue weighted by atomic mass is 10.3. The number of hydrogen-bond acceptors (Lipinski definition) is 5. The summed E-state index contributed by atoms with van der Waals surface area (Å²) >= 11 is 19.2. The predicted molar refractivity (Wildman–Crippen MR) is 122 cm³/mol. The lowest BCUT2D eigenvalue weighted by molar-refractivity contribution is -0.113. The van der Waals surface area contributed by atoms with Crippen molar-refractivity contribution in [3.8, 4) is 5.75 Å². The molecule has 1 heterocycles. The van der Waals surface area contributed by atoms with Crippen molar-refractivity contribution < 1.29 is 9.53 Å². The summed E-state index contributed by atoms with van der Waals surface area (Å²) in [4.78, 5) is 12.4. The average molecular weight is 484 g/mol. The van der Waals surface area contributed by atoms with E-state index in [4.69, 9.17) is 39.5 Å². The van der Waals surface area contributed by atoms with E-state index < -0.39 is 0 Å². The van der Waals surface area contributed by atoms with Crippen molar-refractivity contribution in [1.29, 1.82) is 0 Å². The van der Waals surface area contributed by atoms with Crippen LogP contribution in [0.3, 0.4) is 0 Å². The molecule has 0 bridgehead atoms. The van der Waals surface area contributed by atoms with Gasteiger partial charge in [-0.25, -0.2) is 0 Å². The van der Waals surface area contributed by atoms with Gasteiger partial charge in [-0.15, -0.1) is 16.8 Å². The second-order valence-corrected chi connectivity index (χ2v) is 8.15. The minimum atomic E-state index is -0.268. The Morgan fingerprint density at radius 3 is 2.60 bits per heavy atom. The molecule has 0 saturated heterocycles. The summed E-state index contributed by atoms with van der Waals surface area (Å²) < 4.78 is 7.59. The zero-order valence-electron chi connectivity index (χ0n) is 15.6. The minimum absolute atomic E-state index is 0.103. The monoisotopic (exact) mass is 482 g/mol. The number of nitrogens with one attached hydrogen (secondary N) is 1. The smallest absolute Gasteiger partial charge is 0.234 e. The standard InChI is InChI=1S/C20H17Cl3N4O2S/c1-2-8-27-18(11-29-13-6-4-3-5-7-13)25-26-20(27)30-12-19(28)24-17-10-15(22)14(21)9-16(17)23/h2-7,9-10H,1,8,11-12H2,(H,24,28). The van der Waals surface area contributed by atoms with E-state index in [1.165, 1.54) is 23.9 Å². The van der Waals surface area contributed by atoms with Crippen LogP contribution in [0.5, 0.6) is 5.75 Å². The zero-order chi connectivity index (χ0) is 21.5. The van der Waals surface area contributed by atoms with Gasteiger partial charge in [0.25, 0.3) is 0 Å². The van der Waals surface area contributed by atoms with E-state index in [9.17, 15) is 4.79 Å². The number of anilines is 1. The first-order valence-electron chi connectivity index (χ1n) is 8.76. The van der Waals surface area contributed by atoms with Gasteiger partial charge in [-0.2, -0.15) is 0 Å². The molecule has 30 heavy (non-hydrogen) atoms. The van der Waals surface area contributed by atoms with Gasteiger partial charge in [0.15, 0.2) is 11.0 Å². The Labute approximate surface area is 193 Å². The van der Waals surface area contributed by atoms with Crippen LogP contribution in [0.25, 0.3) is 0 Å². The highest BCUT2D eigenvalue weighted by atomic mass is 35.5. The minimum Gasteiger partial charge on any atom is -0.486 e. The second kappa shape index (κ2) is 10.7. The Morgan fingerprint density at radius 1 is 1.13 bits per heavy atom. The van der Waals surface area contributed by atoms with Gasteiger partial charge in [-0.1, -0.05) is 70.8 Å². The fourth-order valence-corrected chi connectivity index (χ4v) is 3.81. The molecule has 0 aliphatic carbocycles. The molecule has 1 N–H and O–H groups in total. The number of benzene rings is 2. The van der Waals surface area contributed by atoms with Crippen LogP contribution >= 0.6 is 46.6 Å². The van der Waals surface area contributed by atoms with Crippen LogP contribution in [-0.4, -0.2) is 26.4 Å². The van der Waals surface area contributed by atoms with Crippen LogP contribution in [0.4, 0.5) is 5.69 Å². The van der Waals surface area contributed by atoms with Gasteiger partial charge in [0.05, 0.1) is 26.5 Å². The first-order chi connectivity index (χ1) is 14.5. The molecule has 0 atom stereocenters. The van der Waals surface area contributed by atoms with E-state index in [-0.39, 0.29) is 18.3 Å². The summed E-state index contributed by atoms with van der Waals surface area (Å²) in [7, 11) is 0. The molecular weight excluding hydrogens is 467 g/mol. The fraction of sp³-hybridized carbons (Fsp3) is 0.150. The largest absolute Gasteiger partial charge is 0.486 e. The van der Waals surface area contributed by atoms with Gasteiger partial charge >= 0.3 is 0 Å². The molecule has 1 aromatic heterocycles. The van der Waals surface area contributed by atoms with Crippen molar-refractivity contribution in [1.82, 2.24) is 14.8 Å². The lowest BCUT2D eigenvalue weighted by Crippen LogP contribution is -2.15. The van der Waals surface area contributed by atoms with Crippen LogP contribution in [-0.2, 0) is 17.9 Å². The van der Waals surface area contributed by atoms with E-state index >= 15 is 0 Å². The maximum Gasteiger partial charge on any atom is 0.234 e. The molecule has 3 rings (SSSR count). The van der Waals surface area contributed by atoms with Crippen LogP contribution in [0.15, 0.2) is 60.3 Å². The Morgan fingerprint density at radius 2 is 1.87 bits per heavy atom. The maximum absolute atomic E-state index is 12.4. The number of carbonyl (C=O) groups excluding carboxylic acids is 1. The molecule has 10 heteroatoms. The van der Waals surface area contributed by atoms with Crippen LogP contribution in [0.2, 0.25) is 15.1 Å². The van der Waals surface area contributed by atoms with Gasteiger partial charge in [-0.3, -0.25) is 9.36 Å². The van der Waals surface area contributed by atoms with Gasteiger partial charge in [0, 0.05) is 6.54 Å². The predicted octanol–water partition coefficient (Wildman–Crippen LogP) is 5.73. The summed E-state index contributed by atoms with van der Waals surface area (Å²) in [5.74, 6) is 1.20. The van der Waals surface area contributed by atoms with Gasteiger partial charge in [0.1, 0.15) is 12.4 Å². The Hall–Kier alpha value is -2.19. The molecular formula is C20H17Cl3N4O2S. The number of ether oxygens (including phenoxy) is 1. The highest BCUT2D eigenvalue weighted by molar-refractivity contribution is 7.99. The molecule has 0 fully saturated rings. The molecule has 0 unspecified atom stereocenters. The first-order valence-corrected chi connectivity index (χ1v) is 10.9. The Balaban J connectivity index is 1.63. The lowest BCUT2D eigenvalue weighted by Gasteiger charge is -2.10. The SMILES string of the molecule is C=CCn1c(COc2ccccc2)nnc1SCC(=O)Nc1cc(Cl)c(Cl)cc1Cl. The zero-order valence-corrected chi connectivity index (χ0v) is 18.7. The second-order valence-electron chi connectivity index (χ2n) is 5.98. The van der Waals surface area contributed by atoms with E-state index in [0.717, 1.165) is 5.75 Å². The molecule has 0 saturated carbocycles. The third-order valence-electron chi connectivity index (χ3n) is 3.83. The molecule has 0 spiro atoms. The van der Waals surface area contributed by atoms with E-state index in [2.05, 4.69) is 22.1 Å². The molecule has 0 radical (unpaired) electrons. The number of allylic oxidation sites excluding steroid dienone is 1. The molecule has 0 aliphatic rings. The summed E-state index contributed by atoms with van der Waals surface area (Å²) in [6, 6.07) is 12.4. The number of nitrogens with zero attached hydrogens (tertiary/aromatic N) is 3. The van der Waals surface area contributed by atoms with Crippen molar-refractivity contribution in [2.45, 2.75) is 18.3 Å². The molecule has 3 aromatic rings. The molecule has 6 nitrogen and oxygen atoms in total.